The number of nitrogens with one attached hydrogen (secondary N) is 1. The number of thiol groups is 2. The molecule has 0 saturated heterocycles. The molecule has 64 valence electrons. The first-order chi connectivity index (χ1) is 4.90. The van der Waals surface area contributed by atoms with Gasteiger partial charge in [-0.2, -0.15) is 0 Å². The van der Waals surface area contributed by atoms with Gasteiger partial charge in [0.1, 0.15) is 0 Å². The summed E-state index contributed by atoms with van der Waals surface area (Å²) in [7, 11) is 0. The van der Waals surface area contributed by atoms with Crippen LogP contribution in [0.1, 0.15) is 13.3 Å². The number of carbonyl (C=O) groups excluding carboxylic acids is 1. The van der Waals surface area contributed by atoms with Crippen molar-refractivity contribution in [2.75, 3.05) is 0 Å². The van der Waals surface area contributed by atoms with Crippen molar-refractivity contribution in [3.63, 3.8) is 0 Å². The number of carboxylic acid groups (broad SMARTS) is 1. The third-order valence-electron chi connectivity index (χ3n) is 0.933. The Bertz CT molecular complexity index is 181. The maximum absolute atomic E-state index is 10.7. The van der Waals surface area contributed by atoms with Gasteiger partial charge in [0.05, 0.1) is 0 Å². The molecule has 0 unspecified atom stereocenters. The molecule has 0 aliphatic rings. The molecule has 0 atom stereocenters. The van der Waals surface area contributed by atoms with E-state index in [9.17, 15) is 9.59 Å². The first-order valence-corrected chi connectivity index (χ1v) is 3.78. The minimum absolute atomic E-state index is 0.205. The third-order valence-corrected chi connectivity index (χ3v) is 1.54. The number of hydrogen-bond donors (Lipinski definition) is 4. The van der Waals surface area contributed by atoms with Crippen molar-refractivity contribution in [3.8, 4) is 0 Å². The van der Waals surface area contributed by atoms with Crippen LogP contribution in [0.2, 0.25) is 0 Å². The van der Waals surface area contributed by atoms with Crippen molar-refractivity contribution in [2.24, 2.45) is 0 Å². The first kappa shape index (κ1) is 10.6. The molecule has 0 fully saturated rings. The molecule has 11 heavy (non-hydrogen) atoms. The standard InChI is InChI=1S/C5H9NO3S2/c1-2-3(7)6-5(10,11)4(8)9/h10-11H,2H2,1H3,(H,6,7)(H,8,9). The lowest BCUT2D eigenvalue weighted by molar-refractivity contribution is -0.140. The van der Waals surface area contributed by atoms with Crippen LogP contribution in [0, 0.1) is 0 Å². The molecular weight excluding hydrogens is 186 g/mol. The molecule has 0 spiro atoms. The van der Waals surface area contributed by atoms with Crippen LogP contribution >= 0.6 is 25.3 Å². The molecule has 4 nitrogen and oxygen atoms in total. The molecule has 0 radical (unpaired) electrons. The quantitative estimate of drug-likeness (QED) is 0.382. The van der Waals surface area contributed by atoms with Gasteiger partial charge in [0.25, 0.3) is 0 Å². The first-order valence-electron chi connectivity index (χ1n) is 2.89. The van der Waals surface area contributed by atoms with Gasteiger partial charge in [0.2, 0.25) is 10.1 Å². The molecule has 0 aromatic rings. The Labute approximate surface area is 75.2 Å². The van der Waals surface area contributed by atoms with Crippen LogP contribution in [0.25, 0.3) is 0 Å². The highest BCUT2D eigenvalue weighted by Gasteiger charge is 2.30. The molecule has 6 heteroatoms. The summed E-state index contributed by atoms with van der Waals surface area (Å²) in [6, 6.07) is 0. The predicted molar refractivity (Wildman–Crippen MR) is 46.8 cm³/mol. The maximum atomic E-state index is 10.7. The normalized spacial score (nSPS) is 10.8. The van der Waals surface area contributed by atoms with Gasteiger partial charge in [0.15, 0.2) is 0 Å². The number of carboxylic acids is 1. The average Bonchev–Trinajstić information content (AvgIpc) is 1.86. The molecule has 2 N–H and O–H groups in total. The zero-order chi connectivity index (χ0) is 9.07. The van der Waals surface area contributed by atoms with Crippen LogP contribution < -0.4 is 5.32 Å². The number of amides is 1. The summed E-state index contributed by atoms with van der Waals surface area (Å²) in [6.07, 6.45) is 0.205. The highest BCUT2D eigenvalue weighted by Crippen LogP contribution is 2.15. The summed E-state index contributed by atoms with van der Waals surface area (Å²) in [5.41, 5.74) is 0. The Kier molecular flexibility index (Phi) is 3.74. The van der Waals surface area contributed by atoms with E-state index in [4.69, 9.17) is 5.11 Å². The topological polar surface area (TPSA) is 66.4 Å². The predicted octanol–water partition coefficient (Wildman–Crippen LogP) is 0.111. The SMILES string of the molecule is CCC(=O)NC(S)(S)C(=O)O. The Hall–Kier alpha value is -0.360. The molecule has 0 saturated carbocycles. The van der Waals surface area contributed by atoms with E-state index in [1.54, 1.807) is 6.92 Å². The van der Waals surface area contributed by atoms with Gasteiger partial charge >= 0.3 is 5.97 Å². The van der Waals surface area contributed by atoms with E-state index in [1.165, 1.54) is 0 Å². The summed E-state index contributed by atoms with van der Waals surface area (Å²) in [5.74, 6) is -1.71. The number of rotatable bonds is 3. The zero-order valence-electron chi connectivity index (χ0n) is 5.87. The molecular formula is C5H9NO3S2. The average molecular weight is 195 g/mol. The van der Waals surface area contributed by atoms with Crippen molar-refractivity contribution in [1.82, 2.24) is 5.32 Å². The Morgan fingerprint density at radius 2 is 2.00 bits per heavy atom. The molecule has 1 amide bonds. The maximum Gasteiger partial charge on any atom is 0.350 e. The molecule has 0 aliphatic carbocycles. The molecule has 0 rings (SSSR count). The van der Waals surface area contributed by atoms with E-state index < -0.39 is 16.1 Å². The molecule has 0 aromatic heterocycles. The van der Waals surface area contributed by atoms with Crippen LogP contribution in [0.5, 0.6) is 0 Å². The lowest BCUT2D eigenvalue weighted by atomic mass is 10.4. The smallest absolute Gasteiger partial charge is 0.350 e. The second-order valence-electron chi connectivity index (χ2n) is 1.88. The monoisotopic (exact) mass is 195 g/mol. The van der Waals surface area contributed by atoms with Gasteiger partial charge in [-0.05, 0) is 0 Å². The molecule has 0 aliphatic heterocycles. The van der Waals surface area contributed by atoms with Gasteiger partial charge in [-0.25, -0.2) is 4.79 Å². The minimum Gasteiger partial charge on any atom is -0.478 e. The van der Waals surface area contributed by atoms with Gasteiger partial charge < -0.3 is 10.4 Å². The van der Waals surface area contributed by atoms with E-state index in [0.29, 0.717) is 0 Å². The van der Waals surface area contributed by atoms with E-state index in [-0.39, 0.29) is 6.42 Å². The summed E-state index contributed by atoms with van der Waals surface area (Å²) in [5, 5.41) is 10.5. The minimum atomic E-state index is -1.77. The fourth-order valence-corrected chi connectivity index (χ4v) is 0.586. The van der Waals surface area contributed by atoms with Gasteiger partial charge in [-0.1, -0.05) is 6.92 Å². The molecule has 0 aromatic carbocycles. The van der Waals surface area contributed by atoms with E-state index >= 15 is 0 Å². The Morgan fingerprint density at radius 1 is 1.55 bits per heavy atom. The van der Waals surface area contributed by atoms with Crippen molar-refractivity contribution in [3.05, 3.63) is 0 Å². The molecule has 0 bridgehead atoms. The third kappa shape index (κ3) is 3.52. The summed E-state index contributed by atoms with van der Waals surface area (Å²) in [4.78, 5) is 21.0. The van der Waals surface area contributed by atoms with Gasteiger partial charge in [-0.15, -0.1) is 25.3 Å². The van der Waals surface area contributed by atoms with E-state index in [0.717, 1.165) is 0 Å². The Morgan fingerprint density at radius 3 is 2.27 bits per heavy atom. The van der Waals surface area contributed by atoms with Crippen LogP contribution in [-0.4, -0.2) is 21.2 Å². The fourth-order valence-electron chi connectivity index (χ4n) is 0.336. The lowest BCUT2D eigenvalue weighted by Crippen LogP contribution is -2.45. The van der Waals surface area contributed by atoms with Crippen molar-refractivity contribution in [2.45, 2.75) is 17.5 Å². The van der Waals surface area contributed by atoms with Crippen molar-refractivity contribution in [1.29, 1.82) is 0 Å². The van der Waals surface area contributed by atoms with Crippen LogP contribution in [0.15, 0.2) is 0 Å². The Balaban J connectivity index is 4.12. The van der Waals surface area contributed by atoms with Crippen LogP contribution in [-0.2, 0) is 9.59 Å². The van der Waals surface area contributed by atoms with Gasteiger partial charge in [-0.3, -0.25) is 4.79 Å². The van der Waals surface area contributed by atoms with E-state index in [1.807, 2.05) is 0 Å². The van der Waals surface area contributed by atoms with Gasteiger partial charge in [0, 0.05) is 6.42 Å². The lowest BCUT2D eigenvalue weighted by Gasteiger charge is -2.17. The second-order valence-corrected chi connectivity index (χ2v) is 3.57. The summed E-state index contributed by atoms with van der Waals surface area (Å²) >= 11 is 7.22. The highest BCUT2D eigenvalue weighted by atomic mass is 32.2. The summed E-state index contributed by atoms with van der Waals surface area (Å²) in [6.45, 7) is 1.61. The van der Waals surface area contributed by atoms with Crippen LogP contribution in [0.4, 0.5) is 0 Å². The fraction of sp³-hybridized carbons (Fsp3) is 0.600. The van der Waals surface area contributed by atoms with Crippen molar-refractivity contribution >= 4 is 37.1 Å². The van der Waals surface area contributed by atoms with Crippen molar-refractivity contribution < 1.29 is 14.7 Å². The number of hydrogen-bond acceptors (Lipinski definition) is 4. The van der Waals surface area contributed by atoms with Crippen LogP contribution in [0.3, 0.4) is 0 Å². The largest absolute Gasteiger partial charge is 0.478 e. The molecule has 0 heterocycles. The number of carbonyl (C=O) groups is 2. The number of aliphatic carboxylic acids is 1. The summed E-state index contributed by atoms with van der Waals surface area (Å²) < 4.78 is -1.77. The second kappa shape index (κ2) is 3.87. The zero-order valence-corrected chi connectivity index (χ0v) is 7.65. The van der Waals surface area contributed by atoms with E-state index in [2.05, 4.69) is 30.6 Å². The highest BCUT2D eigenvalue weighted by molar-refractivity contribution is 8.01.